The lowest BCUT2D eigenvalue weighted by molar-refractivity contribution is -0.136. The molecule has 0 unspecified atom stereocenters. The van der Waals surface area contributed by atoms with Crippen LogP contribution < -0.4 is 15.0 Å². The molecule has 7 nitrogen and oxygen atoms in total. The fourth-order valence-corrected chi connectivity index (χ4v) is 2.37. The summed E-state index contributed by atoms with van der Waals surface area (Å²) in [6, 6.07) is 4.88. The zero-order chi connectivity index (χ0) is 17.7. The number of carbonyl (C=O) groups is 1. The highest BCUT2D eigenvalue weighted by molar-refractivity contribution is 6.37. The van der Waals surface area contributed by atoms with E-state index in [-0.39, 0.29) is 28.8 Å². The first kappa shape index (κ1) is 18.1. The van der Waals surface area contributed by atoms with Gasteiger partial charge in [-0.2, -0.15) is 0 Å². The lowest BCUT2D eigenvalue weighted by Crippen LogP contribution is -2.10. The van der Waals surface area contributed by atoms with Gasteiger partial charge < -0.3 is 20.1 Å². The number of hydrogen-bond donors (Lipinski definition) is 2. The maximum absolute atomic E-state index is 10.5. The number of ether oxygens (including phenoxy) is 1. The molecule has 2 N–H and O–H groups in total. The van der Waals surface area contributed by atoms with Crippen LogP contribution in [0.2, 0.25) is 10.0 Å². The lowest BCUT2D eigenvalue weighted by Gasteiger charge is -2.14. The van der Waals surface area contributed by atoms with E-state index in [4.69, 9.17) is 33.0 Å². The van der Waals surface area contributed by atoms with Crippen LogP contribution in [0, 0.1) is 0 Å². The van der Waals surface area contributed by atoms with Crippen molar-refractivity contribution in [1.29, 1.82) is 0 Å². The highest BCUT2D eigenvalue weighted by atomic mass is 35.5. The van der Waals surface area contributed by atoms with E-state index >= 15 is 0 Å². The van der Waals surface area contributed by atoms with Crippen LogP contribution in [0.25, 0.3) is 0 Å². The summed E-state index contributed by atoms with van der Waals surface area (Å²) in [7, 11) is 3.70. The van der Waals surface area contributed by atoms with Crippen LogP contribution in [-0.4, -0.2) is 41.7 Å². The number of anilines is 2. The minimum absolute atomic E-state index is 0.0122. The first-order valence-electron chi connectivity index (χ1n) is 6.98. The second kappa shape index (κ2) is 8.03. The van der Waals surface area contributed by atoms with E-state index in [1.54, 1.807) is 18.2 Å². The van der Waals surface area contributed by atoms with Crippen molar-refractivity contribution in [2.24, 2.45) is 0 Å². The van der Waals surface area contributed by atoms with Crippen molar-refractivity contribution in [3.63, 3.8) is 0 Å². The topological polar surface area (TPSA) is 87.6 Å². The Labute approximate surface area is 149 Å². The van der Waals surface area contributed by atoms with Crippen molar-refractivity contribution in [2.75, 3.05) is 30.9 Å². The molecule has 2 rings (SSSR count). The second-order valence-corrected chi connectivity index (χ2v) is 5.86. The molecule has 0 radical (unpaired) electrons. The summed E-state index contributed by atoms with van der Waals surface area (Å²) in [6.07, 6.45) is 1.37. The number of aromatic nitrogens is 2. The number of halogens is 2. The average Bonchev–Trinajstić information content (AvgIpc) is 2.51. The molecule has 0 fully saturated rings. The summed E-state index contributed by atoms with van der Waals surface area (Å²) in [5.41, 5.74) is 0.607. The molecular formula is C15H16Cl2N4O3. The van der Waals surface area contributed by atoms with Crippen LogP contribution in [-0.2, 0) is 4.79 Å². The van der Waals surface area contributed by atoms with Gasteiger partial charge in [-0.15, -0.1) is 0 Å². The predicted octanol–water partition coefficient (Wildman–Crippen LogP) is 3.53. The fourth-order valence-electron chi connectivity index (χ4n) is 1.81. The van der Waals surface area contributed by atoms with Crippen molar-refractivity contribution < 1.29 is 14.6 Å². The number of rotatable bonds is 7. The van der Waals surface area contributed by atoms with E-state index in [2.05, 4.69) is 15.3 Å². The van der Waals surface area contributed by atoms with E-state index in [0.29, 0.717) is 17.4 Å². The molecule has 1 heterocycles. The molecule has 24 heavy (non-hydrogen) atoms. The van der Waals surface area contributed by atoms with Crippen molar-refractivity contribution in [2.45, 2.75) is 6.42 Å². The Bertz CT molecular complexity index is 717. The molecule has 0 aliphatic rings. The number of benzene rings is 1. The minimum Gasteiger partial charge on any atom is -0.481 e. The molecule has 0 amide bonds. The maximum Gasteiger partial charge on any atom is 0.305 e. The molecular weight excluding hydrogens is 355 g/mol. The second-order valence-electron chi connectivity index (χ2n) is 5.05. The molecule has 0 atom stereocenters. The summed E-state index contributed by atoms with van der Waals surface area (Å²) < 4.78 is 5.66. The Morgan fingerprint density at radius 2 is 1.92 bits per heavy atom. The van der Waals surface area contributed by atoms with E-state index in [1.807, 2.05) is 19.0 Å². The number of nitrogens with one attached hydrogen (secondary N) is 1. The highest BCUT2D eigenvalue weighted by Crippen LogP contribution is 2.38. The van der Waals surface area contributed by atoms with E-state index < -0.39 is 5.97 Å². The third-order valence-electron chi connectivity index (χ3n) is 2.96. The molecule has 0 bridgehead atoms. The van der Waals surface area contributed by atoms with Crippen molar-refractivity contribution in [1.82, 2.24) is 9.97 Å². The summed E-state index contributed by atoms with van der Waals surface area (Å²) >= 11 is 12.4. The third-order valence-corrected chi connectivity index (χ3v) is 3.52. The number of nitrogens with zero attached hydrogens (tertiary/aromatic N) is 3. The Hall–Kier alpha value is -2.25. The smallest absolute Gasteiger partial charge is 0.305 e. The zero-order valence-corrected chi connectivity index (χ0v) is 14.6. The van der Waals surface area contributed by atoms with Crippen molar-refractivity contribution in [3.8, 4) is 11.6 Å². The van der Waals surface area contributed by atoms with Gasteiger partial charge in [0.15, 0.2) is 5.75 Å². The molecule has 1 aromatic carbocycles. The quantitative estimate of drug-likeness (QED) is 0.770. The number of carboxylic acid groups (broad SMARTS) is 1. The summed E-state index contributed by atoms with van der Waals surface area (Å²) in [5.74, 6) is 0.369. The van der Waals surface area contributed by atoms with Gasteiger partial charge in [-0.3, -0.25) is 4.79 Å². The first-order chi connectivity index (χ1) is 11.4. The van der Waals surface area contributed by atoms with Crippen LogP contribution in [0.5, 0.6) is 11.6 Å². The standard InChI is InChI=1S/C15H16Cl2N4O3/c1-21(2)12-7-13(20-8-19-12)24-15-10(16)5-9(6-11(15)17)18-4-3-14(22)23/h5-8,18H,3-4H2,1-2H3,(H,22,23). The Kier molecular flexibility index (Phi) is 6.05. The van der Waals surface area contributed by atoms with Crippen molar-refractivity contribution >= 4 is 40.7 Å². The van der Waals surface area contributed by atoms with Gasteiger partial charge in [-0.25, -0.2) is 9.97 Å². The van der Waals surface area contributed by atoms with E-state index in [1.165, 1.54) is 6.33 Å². The van der Waals surface area contributed by atoms with Crippen LogP contribution in [0.4, 0.5) is 11.5 Å². The largest absolute Gasteiger partial charge is 0.481 e. The van der Waals surface area contributed by atoms with E-state index in [0.717, 1.165) is 0 Å². The van der Waals surface area contributed by atoms with Gasteiger partial charge in [0.25, 0.3) is 0 Å². The van der Waals surface area contributed by atoms with Crippen LogP contribution in [0.15, 0.2) is 24.5 Å². The van der Waals surface area contributed by atoms with Gasteiger partial charge in [0.05, 0.1) is 16.5 Å². The van der Waals surface area contributed by atoms with Crippen LogP contribution in [0.3, 0.4) is 0 Å². The molecule has 2 aromatic rings. The molecule has 0 aliphatic heterocycles. The average molecular weight is 371 g/mol. The van der Waals surface area contributed by atoms with Crippen LogP contribution in [0.1, 0.15) is 6.42 Å². The van der Waals surface area contributed by atoms with Crippen LogP contribution >= 0.6 is 23.2 Å². The number of carboxylic acids is 1. The molecule has 9 heteroatoms. The normalized spacial score (nSPS) is 10.3. The van der Waals surface area contributed by atoms with Gasteiger partial charge in [-0.05, 0) is 12.1 Å². The Morgan fingerprint density at radius 1 is 1.25 bits per heavy atom. The third kappa shape index (κ3) is 4.87. The van der Waals surface area contributed by atoms with Gasteiger partial charge in [0.2, 0.25) is 5.88 Å². The maximum atomic E-state index is 10.5. The molecule has 0 saturated carbocycles. The number of aliphatic carboxylic acids is 1. The SMILES string of the molecule is CN(C)c1cc(Oc2c(Cl)cc(NCCC(=O)O)cc2Cl)ncn1. The van der Waals surface area contributed by atoms with Gasteiger partial charge in [-0.1, -0.05) is 23.2 Å². The Morgan fingerprint density at radius 3 is 2.50 bits per heavy atom. The van der Waals surface area contributed by atoms with Gasteiger partial charge in [0, 0.05) is 32.4 Å². The zero-order valence-electron chi connectivity index (χ0n) is 13.1. The number of hydrogen-bond acceptors (Lipinski definition) is 6. The summed E-state index contributed by atoms with van der Waals surface area (Å²) in [6.45, 7) is 0.264. The molecule has 0 aliphatic carbocycles. The van der Waals surface area contributed by atoms with Crippen molar-refractivity contribution in [3.05, 3.63) is 34.6 Å². The minimum atomic E-state index is -0.889. The lowest BCUT2D eigenvalue weighted by atomic mass is 10.3. The molecule has 0 spiro atoms. The predicted molar refractivity (Wildman–Crippen MR) is 93.6 cm³/mol. The summed E-state index contributed by atoms with van der Waals surface area (Å²) in [4.78, 5) is 20.5. The van der Waals surface area contributed by atoms with Gasteiger partial charge in [0.1, 0.15) is 12.1 Å². The first-order valence-corrected chi connectivity index (χ1v) is 7.74. The summed E-state index contributed by atoms with van der Waals surface area (Å²) in [5, 5.41) is 12.1. The fraction of sp³-hybridized carbons (Fsp3) is 0.267. The molecule has 128 valence electrons. The monoisotopic (exact) mass is 370 g/mol. The Balaban J connectivity index is 2.16. The molecule has 1 aromatic heterocycles. The highest BCUT2D eigenvalue weighted by Gasteiger charge is 2.13. The van der Waals surface area contributed by atoms with E-state index in [9.17, 15) is 4.79 Å². The van der Waals surface area contributed by atoms with Gasteiger partial charge >= 0.3 is 5.97 Å². The molecule has 0 saturated heterocycles.